The zero-order valence-corrected chi connectivity index (χ0v) is 11.9. The van der Waals surface area contributed by atoms with Gasteiger partial charge < -0.3 is 20.6 Å². The van der Waals surface area contributed by atoms with Gasteiger partial charge in [0, 0.05) is 18.5 Å². The number of carbonyl (C=O) groups excluding carboxylic acids is 2. The van der Waals surface area contributed by atoms with Crippen LogP contribution in [0, 0.1) is 0 Å². The number of urea groups is 1. The lowest BCUT2D eigenvalue weighted by molar-refractivity contribution is -0.138. The Labute approximate surface area is 120 Å². The molecule has 3 amide bonds. The molecule has 20 heavy (non-hydrogen) atoms. The number of carboxylic acid groups (broad SMARTS) is 1. The number of thiophene rings is 1. The van der Waals surface area contributed by atoms with Crippen LogP contribution in [0.3, 0.4) is 0 Å². The van der Waals surface area contributed by atoms with Crippen molar-refractivity contribution in [2.45, 2.75) is 6.42 Å². The van der Waals surface area contributed by atoms with Gasteiger partial charge >= 0.3 is 12.0 Å². The van der Waals surface area contributed by atoms with E-state index in [2.05, 4.69) is 0 Å². The Balaban J connectivity index is 2.57. The van der Waals surface area contributed by atoms with E-state index < -0.39 is 31.0 Å². The predicted molar refractivity (Wildman–Crippen MR) is 74.5 cm³/mol. The normalized spacial score (nSPS) is 10.1. The van der Waals surface area contributed by atoms with Gasteiger partial charge in [-0.15, -0.1) is 11.3 Å². The average molecular weight is 299 g/mol. The average Bonchev–Trinajstić information content (AvgIpc) is 2.86. The number of hydrogen-bond acceptors (Lipinski definition) is 4. The minimum absolute atomic E-state index is 0.408. The number of aliphatic carboxylic acids is 1. The maximum Gasteiger partial charge on any atom is 0.323 e. The van der Waals surface area contributed by atoms with Crippen molar-refractivity contribution in [3.8, 4) is 0 Å². The summed E-state index contributed by atoms with van der Waals surface area (Å²) in [7, 11) is 1.56. The molecule has 0 aliphatic rings. The van der Waals surface area contributed by atoms with Gasteiger partial charge in [0.1, 0.15) is 13.1 Å². The first kappa shape index (κ1) is 16.0. The molecule has 0 aliphatic heterocycles. The Kier molecular flexibility index (Phi) is 5.98. The molecule has 3 N–H and O–H groups in total. The number of amides is 3. The summed E-state index contributed by atoms with van der Waals surface area (Å²) in [5, 5.41) is 10.7. The zero-order chi connectivity index (χ0) is 15.1. The highest BCUT2D eigenvalue weighted by Gasteiger charge is 2.21. The summed E-state index contributed by atoms with van der Waals surface area (Å²) in [6.07, 6.45) is 0.678. The van der Waals surface area contributed by atoms with E-state index in [4.69, 9.17) is 10.8 Å². The first-order valence-electron chi connectivity index (χ1n) is 5.92. The van der Waals surface area contributed by atoms with Gasteiger partial charge in [-0.05, 0) is 17.9 Å². The third-order valence-corrected chi connectivity index (χ3v) is 3.48. The highest BCUT2D eigenvalue weighted by Crippen LogP contribution is 2.10. The molecule has 7 nitrogen and oxygen atoms in total. The number of hydrogen-bond donors (Lipinski definition) is 2. The predicted octanol–water partition coefficient (Wildman–Crippen LogP) is 0.214. The van der Waals surface area contributed by atoms with Crippen molar-refractivity contribution in [1.29, 1.82) is 0 Å². The lowest BCUT2D eigenvalue weighted by Gasteiger charge is -2.25. The maximum atomic E-state index is 12.1. The summed E-state index contributed by atoms with van der Waals surface area (Å²) in [5.74, 6) is -1.93. The van der Waals surface area contributed by atoms with E-state index in [0.717, 1.165) is 9.78 Å². The Morgan fingerprint density at radius 3 is 2.55 bits per heavy atom. The van der Waals surface area contributed by atoms with Crippen LogP contribution in [0.5, 0.6) is 0 Å². The molecule has 0 bridgehead atoms. The fraction of sp³-hybridized carbons (Fsp3) is 0.417. The molecule has 0 unspecified atom stereocenters. The lowest BCUT2D eigenvalue weighted by Crippen LogP contribution is -2.47. The fourth-order valence-electron chi connectivity index (χ4n) is 1.61. The van der Waals surface area contributed by atoms with E-state index in [1.807, 2.05) is 17.5 Å². The minimum Gasteiger partial charge on any atom is -0.480 e. The molecular weight excluding hydrogens is 282 g/mol. The van der Waals surface area contributed by atoms with Gasteiger partial charge in [-0.25, -0.2) is 4.79 Å². The highest BCUT2D eigenvalue weighted by atomic mass is 32.1. The van der Waals surface area contributed by atoms with E-state index in [1.165, 1.54) is 4.90 Å². The smallest absolute Gasteiger partial charge is 0.323 e. The third-order valence-electron chi connectivity index (χ3n) is 2.54. The van der Waals surface area contributed by atoms with Gasteiger partial charge in [0.05, 0.1) is 0 Å². The van der Waals surface area contributed by atoms with Crippen LogP contribution < -0.4 is 5.73 Å². The summed E-state index contributed by atoms with van der Waals surface area (Å²) in [4.78, 5) is 37.1. The number of nitrogens with zero attached hydrogens (tertiary/aromatic N) is 2. The minimum atomic E-state index is -1.19. The van der Waals surface area contributed by atoms with Crippen LogP contribution in [0.25, 0.3) is 0 Å². The molecule has 0 aliphatic carbocycles. The van der Waals surface area contributed by atoms with E-state index >= 15 is 0 Å². The van der Waals surface area contributed by atoms with Gasteiger partial charge in [0.25, 0.3) is 0 Å². The molecule has 8 heteroatoms. The third kappa shape index (κ3) is 5.27. The number of primary amides is 1. The van der Waals surface area contributed by atoms with Crippen molar-refractivity contribution in [3.63, 3.8) is 0 Å². The molecule has 1 aromatic heterocycles. The summed E-state index contributed by atoms with van der Waals surface area (Å²) < 4.78 is 0. The van der Waals surface area contributed by atoms with E-state index in [-0.39, 0.29) is 0 Å². The SMILES string of the molecule is CN(CCc1cccs1)C(=O)N(CC(N)=O)CC(=O)O. The van der Waals surface area contributed by atoms with Gasteiger partial charge in [-0.1, -0.05) is 6.07 Å². The van der Waals surface area contributed by atoms with Gasteiger partial charge in [-0.2, -0.15) is 0 Å². The monoisotopic (exact) mass is 299 g/mol. The molecule has 1 heterocycles. The van der Waals surface area contributed by atoms with Crippen LogP contribution in [0.2, 0.25) is 0 Å². The standard InChI is InChI=1S/C12H17N3O4S/c1-14(5-4-9-3-2-6-20-9)12(19)15(7-10(13)16)8-11(17)18/h2-3,6H,4-5,7-8H2,1H3,(H2,13,16)(H,17,18). The number of nitrogens with two attached hydrogens (primary N) is 1. The molecule has 0 fully saturated rings. The second-order valence-corrected chi connectivity index (χ2v) is 5.28. The maximum absolute atomic E-state index is 12.1. The number of rotatable bonds is 7. The molecule has 0 atom stereocenters. The fourth-order valence-corrected chi connectivity index (χ4v) is 2.31. The van der Waals surface area contributed by atoms with Crippen molar-refractivity contribution >= 4 is 29.2 Å². The Hall–Kier alpha value is -2.09. The van der Waals surface area contributed by atoms with Crippen LogP contribution in [0.1, 0.15) is 4.88 Å². The van der Waals surface area contributed by atoms with Gasteiger partial charge in [0.15, 0.2) is 0 Å². The van der Waals surface area contributed by atoms with Crippen LogP contribution in [-0.4, -0.2) is 59.5 Å². The van der Waals surface area contributed by atoms with Crippen molar-refractivity contribution in [2.24, 2.45) is 5.73 Å². The molecule has 0 saturated heterocycles. The van der Waals surface area contributed by atoms with E-state index in [1.54, 1.807) is 18.4 Å². The number of likely N-dealkylation sites (N-methyl/N-ethyl adjacent to an activating group) is 1. The van der Waals surface area contributed by atoms with Crippen LogP contribution in [-0.2, 0) is 16.0 Å². The Bertz CT molecular complexity index is 459. The molecule has 1 rings (SSSR count). The summed E-state index contributed by atoms with van der Waals surface area (Å²) in [6.45, 7) is -0.520. The van der Waals surface area contributed by atoms with E-state index in [9.17, 15) is 14.4 Å². The molecule has 0 radical (unpaired) electrons. The second-order valence-electron chi connectivity index (χ2n) is 4.25. The van der Waals surface area contributed by atoms with Crippen molar-refractivity contribution in [1.82, 2.24) is 9.80 Å². The van der Waals surface area contributed by atoms with Gasteiger partial charge in [0.2, 0.25) is 5.91 Å². The molecule has 110 valence electrons. The Morgan fingerprint density at radius 2 is 2.05 bits per heavy atom. The van der Waals surface area contributed by atoms with Crippen molar-refractivity contribution in [2.75, 3.05) is 26.7 Å². The molecular formula is C12H17N3O4S. The summed E-state index contributed by atoms with van der Waals surface area (Å²) in [5.41, 5.74) is 5.02. The number of carboxylic acids is 1. The molecule has 0 saturated carbocycles. The quantitative estimate of drug-likeness (QED) is 0.751. The molecule has 0 spiro atoms. The van der Waals surface area contributed by atoms with Gasteiger partial charge in [-0.3, -0.25) is 9.59 Å². The largest absolute Gasteiger partial charge is 0.480 e. The lowest BCUT2D eigenvalue weighted by atomic mass is 10.3. The topological polar surface area (TPSA) is 104 Å². The first-order valence-corrected chi connectivity index (χ1v) is 6.80. The number of carbonyl (C=O) groups is 3. The summed E-state index contributed by atoms with van der Waals surface area (Å²) >= 11 is 1.59. The zero-order valence-electron chi connectivity index (χ0n) is 11.1. The summed E-state index contributed by atoms with van der Waals surface area (Å²) in [6, 6.07) is 3.36. The Morgan fingerprint density at radius 1 is 1.35 bits per heavy atom. The second kappa shape index (κ2) is 7.49. The van der Waals surface area contributed by atoms with Crippen molar-refractivity contribution < 1.29 is 19.5 Å². The molecule has 0 aromatic carbocycles. The van der Waals surface area contributed by atoms with Crippen LogP contribution in [0.4, 0.5) is 4.79 Å². The molecule has 1 aromatic rings. The van der Waals surface area contributed by atoms with E-state index in [0.29, 0.717) is 13.0 Å². The van der Waals surface area contributed by atoms with Crippen LogP contribution in [0.15, 0.2) is 17.5 Å². The van der Waals surface area contributed by atoms with Crippen molar-refractivity contribution in [3.05, 3.63) is 22.4 Å². The van der Waals surface area contributed by atoms with Crippen LogP contribution >= 0.6 is 11.3 Å². The first-order chi connectivity index (χ1) is 9.40. The highest BCUT2D eigenvalue weighted by molar-refractivity contribution is 7.09.